The Balaban J connectivity index is 2.37. The van der Waals surface area contributed by atoms with Gasteiger partial charge in [0.1, 0.15) is 0 Å². The first-order valence-electron chi connectivity index (χ1n) is 5.85. The number of carboxylic acid groups (broad SMARTS) is 1. The third-order valence-corrected chi connectivity index (χ3v) is 3.02. The molecular formula is C13H17NO3. The summed E-state index contributed by atoms with van der Waals surface area (Å²) in [5, 5.41) is 18.3. The standard InChI is InChI=1S/C13H17NO3/c1-9-2-5-12(11(8-9)13(16)17)14(6-7-15)10-3-4-10/h2,5,8,10,15H,3-4,6-7H2,1H3,(H,16,17). The normalized spacial score (nSPS) is 14.7. The summed E-state index contributed by atoms with van der Waals surface area (Å²) in [5.74, 6) is -0.910. The Morgan fingerprint density at radius 2 is 2.18 bits per heavy atom. The number of hydrogen-bond donors (Lipinski definition) is 2. The van der Waals surface area contributed by atoms with Crippen LogP contribution >= 0.6 is 0 Å². The molecule has 1 saturated carbocycles. The SMILES string of the molecule is Cc1ccc(N(CCO)C2CC2)c(C(=O)O)c1. The maximum Gasteiger partial charge on any atom is 0.337 e. The number of aromatic carboxylic acids is 1. The van der Waals surface area contributed by atoms with Gasteiger partial charge in [-0.15, -0.1) is 0 Å². The molecule has 0 aromatic heterocycles. The lowest BCUT2D eigenvalue weighted by Gasteiger charge is -2.25. The van der Waals surface area contributed by atoms with Gasteiger partial charge in [0.05, 0.1) is 17.9 Å². The number of nitrogens with zero attached hydrogens (tertiary/aromatic N) is 1. The molecule has 0 heterocycles. The number of hydrogen-bond acceptors (Lipinski definition) is 3. The molecule has 0 amide bonds. The van der Waals surface area contributed by atoms with E-state index in [1.807, 2.05) is 24.0 Å². The van der Waals surface area contributed by atoms with Crippen molar-refractivity contribution in [1.82, 2.24) is 0 Å². The van der Waals surface area contributed by atoms with Crippen LogP contribution in [0.1, 0.15) is 28.8 Å². The molecule has 1 aliphatic carbocycles. The molecule has 92 valence electrons. The summed E-state index contributed by atoms with van der Waals surface area (Å²) >= 11 is 0. The minimum absolute atomic E-state index is 0.0451. The molecule has 0 unspecified atom stereocenters. The number of aliphatic hydroxyl groups is 1. The first-order chi connectivity index (χ1) is 8.13. The third kappa shape index (κ3) is 2.58. The van der Waals surface area contributed by atoms with Crippen molar-refractivity contribution in [3.8, 4) is 0 Å². The maximum atomic E-state index is 11.2. The lowest BCUT2D eigenvalue weighted by molar-refractivity contribution is 0.0697. The first kappa shape index (κ1) is 11.9. The molecule has 0 saturated heterocycles. The summed E-state index contributed by atoms with van der Waals surface area (Å²) < 4.78 is 0. The van der Waals surface area contributed by atoms with Crippen LogP contribution in [0.2, 0.25) is 0 Å². The molecule has 2 rings (SSSR count). The summed E-state index contributed by atoms with van der Waals surface area (Å²) in [5.41, 5.74) is 1.98. The molecule has 0 aliphatic heterocycles. The highest BCUT2D eigenvalue weighted by Crippen LogP contribution is 2.33. The molecule has 2 N–H and O–H groups in total. The largest absolute Gasteiger partial charge is 0.478 e. The summed E-state index contributed by atoms with van der Waals surface area (Å²) in [6, 6.07) is 5.83. The number of carboxylic acids is 1. The summed E-state index contributed by atoms with van der Waals surface area (Å²) in [6.45, 7) is 2.42. The topological polar surface area (TPSA) is 60.8 Å². The first-order valence-corrected chi connectivity index (χ1v) is 5.85. The van der Waals surface area contributed by atoms with Gasteiger partial charge in [0.15, 0.2) is 0 Å². The van der Waals surface area contributed by atoms with Gasteiger partial charge in [-0.05, 0) is 31.9 Å². The van der Waals surface area contributed by atoms with E-state index in [-0.39, 0.29) is 6.61 Å². The van der Waals surface area contributed by atoms with Gasteiger partial charge < -0.3 is 15.1 Å². The molecule has 4 heteroatoms. The van der Waals surface area contributed by atoms with Gasteiger partial charge in [0, 0.05) is 12.6 Å². The minimum Gasteiger partial charge on any atom is -0.478 e. The minimum atomic E-state index is -0.910. The van der Waals surface area contributed by atoms with Crippen LogP contribution in [0, 0.1) is 6.92 Å². The summed E-state index contributed by atoms with van der Waals surface area (Å²) in [4.78, 5) is 13.2. The van der Waals surface area contributed by atoms with Gasteiger partial charge in [-0.25, -0.2) is 4.79 Å². The van der Waals surface area contributed by atoms with Crippen LogP contribution in [-0.4, -0.2) is 35.4 Å². The average Bonchev–Trinajstić information content (AvgIpc) is 3.10. The molecule has 17 heavy (non-hydrogen) atoms. The Morgan fingerprint density at radius 3 is 2.71 bits per heavy atom. The highest BCUT2D eigenvalue weighted by atomic mass is 16.4. The Bertz CT molecular complexity index is 427. The zero-order valence-electron chi connectivity index (χ0n) is 9.89. The molecule has 1 fully saturated rings. The van der Waals surface area contributed by atoms with E-state index in [9.17, 15) is 9.90 Å². The van der Waals surface area contributed by atoms with Gasteiger partial charge in [-0.1, -0.05) is 11.6 Å². The van der Waals surface area contributed by atoms with Gasteiger partial charge in [-0.3, -0.25) is 0 Å². The van der Waals surface area contributed by atoms with Crippen molar-refractivity contribution in [3.05, 3.63) is 29.3 Å². The maximum absolute atomic E-state index is 11.2. The molecular weight excluding hydrogens is 218 g/mol. The molecule has 1 aliphatic rings. The van der Waals surface area contributed by atoms with Crippen LogP contribution < -0.4 is 4.90 Å². The Hall–Kier alpha value is -1.55. The van der Waals surface area contributed by atoms with Crippen molar-refractivity contribution in [2.75, 3.05) is 18.1 Å². The smallest absolute Gasteiger partial charge is 0.337 e. The van der Waals surface area contributed by atoms with E-state index in [0.29, 0.717) is 18.2 Å². The van der Waals surface area contributed by atoms with Gasteiger partial charge in [0.2, 0.25) is 0 Å². The fourth-order valence-corrected chi connectivity index (χ4v) is 2.07. The summed E-state index contributed by atoms with van der Waals surface area (Å²) in [7, 11) is 0. The van der Waals surface area contributed by atoms with Crippen molar-refractivity contribution >= 4 is 11.7 Å². The Kier molecular flexibility index (Phi) is 3.33. The highest BCUT2D eigenvalue weighted by Gasteiger charge is 2.30. The quantitative estimate of drug-likeness (QED) is 0.814. The van der Waals surface area contributed by atoms with E-state index < -0.39 is 5.97 Å². The monoisotopic (exact) mass is 235 g/mol. The van der Waals surface area contributed by atoms with Crippen molar-refractivity contribution in [3.63, 3.8) is 0 Å². The van der Waals surface area contributed by atoms with Crippen LogP contribution in [0.25, 0.3) is 0 Å². The highest BCUT2D eigenvalue weighted by molar-refractivity contribution is 5.94. The Labute approximate surface area is 100 Å². The molecule has 0 bridgehead atoms. The zero-order valence-corrected chi connectivity index (χ0v) is 9.89. The van der Waals surface area contributed by atoms with Crippen LogP contribution in [0.5, 0.6) is 0 Å². The lowest BCUT2D eigenvalue weighted by Crippen LogP contribution is -2.30. The van der Waals surface area contributed by atoms with Crippen LogP contribution in [0.3, 0.4) is 0 Å². The molecule has 1 aromatic carbocycles. The number of carbonyl (C=O) groups is 1. The average molecular weight is 235 g/mol. The number of aryl methyl sites for hydroxylation is 1. The zero-order chi connectivity index (χ0) is 12.4. The van der Waals surface area contributed by atoms with Crippen molar-refractivity contribution in [2.45, 2.75) is 25.8 Å². The van der Waals surface area contributed by atoms with Crippen LogP contribution in [0.15, 0.2) is 18.2 Å². The molecule has 4 nitrogen and oxygen atoms in total. The van der Waals surface area contributed by atoms with Crippen molar-refractivity contribution in [2.24, 2.45) is 0 Å². The number of anilines is 1. The van der Waals surface area contributed by atoms with E-state index in [4.69, 9.17) is 5.11 Å². The number of rotatable bonds is 5. The fourth-order valence-electron chi connectivity index (χ4n) is 2.07. The second-order valence-corrected chi connectivity index (χ2v) is 4.47. The second kappa shape index (κ2) is 4.75. The van der Waals surface area contributed by atoms with Crippen molar-refractivity contribution < 1.29 is 15.0 Å². The second-order valence-electron chi connectivity index (χ2n) is 4.47. The van der Waals surface area contributed by atoms with E-state index >= 15 is 0 Å². The van der Waals surface area contributed by atoms with E-state index in [1.165, 1.54) is 0 Å². The van der Waals surface area contributed by atoms with Gasteiger partial charge >= 0.3 is 5.97 Å². The summed E-state index contributed by atoms with van der Waals surface area (Å²) in [6.07, 6.45) is 2.15. The van der Waals surface area contributed by atoms with E-state index in [1.54, 1.807) is 6.07 Å². The lowest BCUT2D eigenvalue weighted by atomic mass is 10.1. The number of benzene rings is 1. The molecule has 0 atom stereocenters. The van der Waals surface area contributed by atoms with Crippen LogP contribution in [0.4, 0.5) is 5.69 Å². The van der Waals surface area contributed by atoms with Gasteiger partial charge in [-0.2, -0.15) is 0 Å². The molecule has 1 aromatic rings. The van der Waals surface area contributed by atoms with E-state index in [0.717, 1.165) is 24.1 Å². The Morgan fingerprint density at radius 1 is 1.47 bits per heavy atom. The fraction of sp³-hybridized carbons (Fsp3) is 0.462. The molecule has 0 spiro atoms. The third-order valence-electron chi connectivity index (χ3n) is 3.02. The van der Waals surface area contributed by atoms with Crippen LogP contribution in [-0.2, 0) is 0 Å². The number of aliphatic hydroxyl groups excluding tert-OH is 1. The molecule has 0 radical (unpaired) electrons. The predicted octanol–water partition coefficient (Wildman–Crippen LogP) is 1.65. The van der Waals surface area contributed by atoms with E-state index in [2.05, 4.69) is 0 Å². The van der Waals surface area contributed by atoms with Gasteiger partial charge in [0.25, 0.3) is 0 Å². The van der Waals surface area contributed by atoms with Crippen molar-refractivity contribution in [1.29, 1.82) is 0 Å². The predicted molar refractivity (Wildman–Crippen MR) is 65.6 cm³/mol.